The Morgan fingerprint density at radius 3 is 2.00 bits per heavy atom. The lowest BCUT2D eigenvalue weighted by atomic mass is 9.90. The molecule has 1 saturated heterocycles. The first-order valence-electron chi connectivity index (χ1n) is 8.95. The lowest BCUT2D eigenvalue weighted by molar-refractivity contribution is -0.159. The maximum absolute atomic E-state index is 13.5. The van der Waals surface area contributed by atoms with Crippen molar-refractivity contribution in [3.05, 3.63) is 59.7 Å². The van der Waals surface area contributed by atoms with Crippen LogP contribution in [0.15, 0.2) is 48.5 Å². The Hall–Kier alpha value is -2.17. The molecular formula is C21H24N2O2. The minimum absolute atomic E-state index is 0.114. The molecule has 2 aromatic rings. The van der Waals surface area contributed by atoms with E-state index in [1.807, 2.05) is 17.0 Å². The van der Waals surface area contributed by atoms with Crippen LogP contribution >= 0.6 is 0 Å². The molecule has 4 nitrogen and oxygen atoms in total. The number of carbonyl (C=O) groups excluding carboxylic acids is 1. The second kappa shape index (κ2) is 6.62. The highest BCUT2D eigenvalue weighted by atomic mass is 16.5. The molecule has 0 aliphatic carbocycles. The molecule has 2 aliphatic heterocycles. The average molecular weight is 336 g/mol. The van der Waals surface area contributed by atoms with E-state index in [1.165, 1.54) is 22.3 Å². The van der Waals surface area contributed by atoms with E-state index < -0.39 is 5.60 Å². The fourth-order valence-corrected chi connectivity index (χ4v) is 4.08. The maximum Gasteiger partial charge on any atom is 0.255 e. The number of benzene rings is 2. The second-order valence-corrected chi connectivity index (χ2v) is 6.92. The molecule has 0 bridgehead atoms. The topological polar surface area (TPSA) is 41.6 Å². The third-order valence-electron chi connectivity index (χ3n) is 5.53. The summed E-state index contributed by atoms with van der Waals surface area (Å²) < 4.78 is 5.78. The van der Waals surface area contributed by atoms with Crippen molar-refractivity contribution in [1.29, 1.82) is 0 Å². The Morgan fingerprint density at radius 1 is 0.960 bits per heavy atom. The van der Waals surface area contributed by atoms with E-state index in [-0.39, 0.29) is 5.91 Å². The smallest absolute Gasteiger partial charge is 0.255 e. The molecule has 4 rings (SSSR count). The van der Waals surface area contributed by atoms with Gasteiger partial charge in [-0.1, -0.05) is 48.5 Å². The standard InChI is InChI=1S/C21H24N2O2/c1-25-21(10-12-22-13-11-21)20(24)23-14-16-6-2-4-8-18(16)19-9-5-3-7-17(19)15-23/h2-9,22H,10-15H2,1H3. The fraction of sp³-hybridized carbons (Fsp3) is 0.381. The van der Waals surface area contributed by atoms with Crippen molar-refractivity contribution in [2.75, 3.05) is 20.2 Å². The van der Waals surface area contributed by atoms with Crippen LogP contribution < -0.4 is 5.32 Å². The van der Waals surface area contributed by atoms with Gasteiger partial charge in [0.05, 0.1) is 0 Å². The van der Waals surface area contributed by atoms with Gasteiger partial charge < -0.3 is 15.0 Å². The number of rotatable bonds is 2. The second-order valence-electron chi connectivity index (χ2n) is 6.92. The molecule has 1 amide bonds. The van der Waals surface area contributed by atoms with E-state index in [2.05, 4.69) is 41.7 Å². The van der Waals surface area contributed by atoms with Gasteiger partial charge in [-0.05, 0) is 48.2 Å². The predicted molar refractivity (Wildman–Crippen MR) is 98.0 cm³/mol. The lowest BCUT2D eigenvalue weighted by Gasteiger charge is -2.38. The summed E-state index contributed by atoms with van der Waals surface area (Å²) >= 11 is 0. The first-order chi connectivity index (χ1) is 12.2. The van der Waals surface area contributed by atoms with Crippen LogP contribution in [0.2, 0.25) is 0 Å². The van der Waals surface area contributed by atoms with Gasteiger partial charge in [-0.15, -0.1) is 0 Å². The molecule has 2 heterocycles. The Morgan fingerprint density at radius 2 is 1.48 bits per heavy atom. The summed E-state index contributed by atoms with van der Waals surface area (Å²) in [6, 6.07) is 16.8. The van der Waals surface area contributed by atoms with Crippen LogP contribution in [0.25, 0.3) is 11.1 Å². The predicted octanol–water partition coefficient (Wildman–Crippen LogP) is 2.96. The van der Waals surface area contributed by atoms with Crippen molar-refractivity contribution in [2.45, 2.75) is 31.5 Å². The molecular weight excluding hydrogens is 312 g/mol. The van der Waals surface area contributed by atoms with Gasteiger partial charge in [0.2, 0.25) is 0 Å². The number of carbonyl (C=O) groups is 1. The largest absolute Gasteiger partial charge is 0.368 e. The quantitative estimate of drug-likeness (QED) is 0.917. The number of hydrogen-bond donors (Lipinski definition) is 1. The summed E-state index contributed by atoms with van der Waals surface area (Å²) in [5, 5.41) is 3.32. The number of ether oxygens (including phenoxy) is 1. The van der Waals surface area contributed by atoms with Gasteiger partial charge in [0.15, 0.2) is 0 Å². The third kappa shape index (κ3) is 2.86. The average Bonchev–Trinajstić information content (AvgIpc) is 2.85. The van der Waals surface area contributed by atoms with Gasteiger partial charge >= 0.3 is 0 Å². The zero-order valence-corrected chi connectivity index (χ0v) is 14.6. The third-order valence-corrected chi connectivity index (χ3v) is 5.53. The Balaban J connectivity index is 1.74. The van der Waals surface area contributed by atoms with Crippen LogP contribution in [0.5, 0.6) is 0 Å². The van der Waals surface area contributed by atoms with Crippen LogP contribution in [0.1, 0.15) is 24.0 Å². The Kier molecular flexibility index (Phi) is 4.32. The van der Waals surface area contributed by atoms with Crippen LogP contribution in [0, 0.1) is 0 Å². The number of amides is 1. The fourth-order valence-electron chi connectivity index (χ4n) is 4.08. The molecule has 0 aromatic heterocycles. The van der Waals surface area contributed by atoms with Gasteiger partial charge in [-0.2, -0.15) is 0 Å². The van der Waals surface area contributed by atoms with Crippen molar-refractivity contribution in [3.63, 3.8) is 0 Å². The molecule has 130 valence electrons. The number of piperidine rings is 1. The van der Waals surface area contributed by atoms with Crippen LogP contribution in [-0.4, -0.2) is 36.6 Å². The van der Waals surface area contributed by atoms with Crippen molar-refractivity contribution in [1.82, 2.24) is 10.2 Å². The summed E-state index contributed by atoms with van der Waals surface area (Å²) in [6.45, 7) is 2.89. The van der Waals surface area contributed by atoms with Crippen molar-refractivity contribution in [3.8, 4) is 11.1 Å². The number of nitrogens with zero attached hydrogens (tertiary/aromatic N) is 1. The van der Waals surface area contributed by atoms with Crippen molar-refractivity contribution >= 4 is 5.91 Å². The van der Waals surface area contributed by atoms with Crippen molar-refractivity contribution < 1.29 is 9.53 Å². The van der Waals surface area contributed by atoms with Gasteiger partial charge in [0, 0.05) is 20.2 Å². The van der Waals surface area contributed by atoms with Gasteiger partial charge in [0.1, 0.15) is 5.60 Å². The van der Waals surface area contributed by atoms with E-state index in [4.69, 9.17) is 4.74 Å². The Labute approximate surface area is 148 Å². The van der Waals surface area contributed by atoms with E-state index >= 15 is 0 Å². The number of nitrogens with one attached hydrogen (secondary N) is 1. The molecule has 2 aliphatic rings. The van der Waals surface area contributed by atoms with E-state index in [9.17, 15) is 4.79 Å². The lowest BCUT2D eigenvalue weighted by Crippen LogP contribution is -2.54. The highest BCUT2D eigenvalue weighted by Gasteiger charge is 2.43. The molecule has 4 heteroatoms. The molecule has 0 saturated carbocycles. The maximum atomic E-state index is 13.5. The number of fused-ring (bicyclic) bond motifs is 3. The molecule has 0 radical (unpaired) electrons. The first kappa shape index (κ1) is 16.3. The summed E-state index contributed by atoms with van der Waals surface area (Å²) in [5.41, 5.74) is 4.15. The molecule has 1 fully saturated rings. The SMILES string of the molecule is COC1(C(=O)N2Cc3ccccc3-c3ccccc3C2)CCNCC1. The molecule has 0 unspecified atom stereocenters. The molecule has 0 spiro atoms. The monoisotopic (exact) mass is 336 g/mol. The van der Waals surface area contributed by atoms with Gasteiger partial charge in [0.25, 0.3) is 5.91 Å². The number of methoxy groups -OCH3 is 1. The van der Waals surface area contributed by atoms with Crippen LogP contribution in [-0.2, 0) is 22.6 Å². The number of hydrogen-bond acceptors (Lipinski definition) is 3. The Bertz CT molecular complexity index is 733. The van der Waals surface area contributed by atoms with E-state index in [1.54, 1.807) is 7.11 Å². The molecule has 25 heavy (non-hydrogen) atoms. The van der Waals surface area contributed by atoms with Gasteiger partial charge in [-0.25, -0.2) is 0 Å². The minimum Gasteiger partial charge on any atom is -0.368 e. The van der Waals surface area contributed by atoms with Crippen molar-refractivity contribution in [2.24, 2.45) is 0 Å². The molecule has 0 atom stereocenters. The summed E-state index contributed by atoms with van der Waals surface area (Å²) in [5.74, 6) is 0.114. The minimum atomic E-state index is -0.695. The normalized spacial score (nSPS) is 18.8. The van der Waals surface area contributed by atoms with E-state index in [0.717, 1.165) is 25.9 Å². The molecule has 2 aromatic carbocycles. The van der Waals surface area contributed by atoms with E-state index in [0.29, 0.717) is 13.1 Å². The summed E-state index contributed by atoms with van der Waals surface area (Å²) in [4.78, 5) is 15.4. The van der Waals surface area contributed by atoms with Crippen LogP contribution in [0.4, 0.5) is 0 Å². The van der Waals surface area contributed by atoms with Gasteiger partial charge in [-0.3, -0.25) is 4.79 Å². The summed E-state index contributed by atoms with van der Waals surface area (Å²) in [7, 11) is 1.67. The van der Waals surface area contributed by atoms with Crippen LogP contribution in [0.3, 0.4) is 0 Å². The highest BCUT2D eigenvalue weighted by Crippen LogP contribution is 2.34. The first-order valence-corrected chi connectivity index (χ1v) is 8.95. The zero-order chi connectivity index (χ0) is 17.3. The summed E-state index contributed by atoms with van der Waals surface area (Å²) in [6.07, 6.45) is 1.45. The molecule has 1 N–H and O–H groups in total. The highest BCUT2D eigenvalue weighted by molar-refractivity contribution is 5.86. The zero-order valence-electron chi connectivity index (χ0n) is 14.6.